The summed E-state index contributed by atoms with van der Waals surface area (Å²) < 4.78 is 0. The maximum absolute atomic E-state index is 2.68. The first-order valence-corrected chi connectivity index (χ1v) is 39.0. The summed E-state index contributed by atoms with van der Waals surface area (Å²) in [4.78, 5) is 9.14. The molecule has 0 bridgehead atoms. The Balaban J connectivity index is 1.74. The minimum absolute atomic E-state index is 1.01. The fraction of sp³-hybridized carbons (Fsp3) is 0.538. The zero-order valence-electron chi connectivity index (χ0n) is 42.0. The summed E-state index contributed by atoms with van der Waals surface area (Å²) in [6.07, 6.45) is 0. The van der Waals surface area contributed by atoms with Crippen LogP contribution >= 0.6 is 0 Å². The molecule has 0 aliphatic carbocycles. The van der Waals surface area contributed by atoms with E-state index in [0.29, 0.717) is 0 Å². The van der Waals surface area contributed by atoms with Gasteiger partial charge in [0, 0.05) is 26.2 Å². The van der Waals surface area contributed by atoms with Crippen molar-refractivity contribution in [3.63, 3.8) is 0 Å². The smallest absolute Gasteiger partial charge is 0.0803 e. The predicted octanol–water partition coefficient (Wildman–Crippen LogP) is 10.1. The third kappa shape index (κ3) is 16.1. The van der Waals surface area contributed by atoms with Crippen LogP contribution in [0, 0.1) is 0 Å². The van der Waals surface area contributed by atoms with Crippen LogP contribution in [0.5, 0.6) is 0 Å². The number of hydrogen-bond acceptors (Lipinski definition) is 4. The van der Waals surface area contributed by atoms with Gasteiger partial charge in [-0.15, -0.1) is 0 Å². The molecule has 0 radical (unpaired) electrons. The molecule has 61 heavy (non-hydrogen) atoms. The first kappa shape index (κ1) is 51.4. The van der Waals surface area contributed by atoms with Gasteiger partial charge in [-0.2, -0.15) is 0 Å². The Morgan fingerprint density at radius 1 is 0.262 bits per heavy atom. The predicted molar refractivity (Wildman–Crippen MR) is 288 cm³/mol. The molecular weight excluding hydrogens is 821 g/mol. The van der Waals surface area contributed by atoms with E-state index in [9.17, 15) is 0 Å². The van der Waals surface area contributed by atoms with E-state index in [4.69, 9.17) is 0 Å². The van der Waals surface area contributed by atoms with E-state index in [2.05, 4.69) is 225 Å². The van der Waals surface area contributed by atoms with Gasteiger partial charge in [-0.25, -0.2) is 0 Å². The maximum atomic E-state index is 2.68. The highest BCUT2D eigenvalue weighted by atomic mass is 28.3. The van der Waals surface area contributed by atoms with Gasteiger partial charge in [-0.05, 0) is 78.6 Å². The highest BCUT2D eigenvalue weighted by Crippen LogP contribution is 2.39. The number of nitrogens with zero attached hydrogens (tertiary/aromatic N) is 4. The highest BCUT2D eigenvalue weighted by Gasteiger charge is 2.41. The summed E-state index contributed by atoms with van der Waals surface area (Å²) in [5.74, 6) is 0. The van der Waals surface area contributed by atoms with Gasteiger partial charge >= 0.3 is 0 Å². The zero-order chi connectivity index (χ0) is 45.2. The van der Waals surface area contributed by atoms with Crippen LogP contribution in [0.4, 0.5) is 0 Å². The molecule has 4 aromatic carbocycles. The van der Waals surface area contributed by atoms with Gasteiger partial charge in [-0.1, -0.05) is 219 Å². The lowest BCUT2D eigenvalue weighted by atomic mass is 10.2. The van der Waals surface area contributed by atoms with Crippen LogP contribution in [0.25, 0.3) is 0 Å². The van der Waals surface area contributed by atoms with E-state index in [1.807, 2.05) is 0 Å². The minimum Gasteiger partial charge on any atom is -0.305 e. The highest BCUT2D eigenvalue weighted by molar-refractivity contribution is 6.96. The summed E-state index contributed by atoms with van der Waals surface area (Å²) >= 11 is 0. The summed E-state index contributed by atoms with van der Waals surface area (Å²) in [5, 5.41) is 6.58. The molecule has 4 aromatic rings. The SMILES string of the molecule is CN(C)Cc1ccc([Si](C)(C)CC[Si](CC[Si](C)(C)c2ccc(CN(C)C)cc2)(CC[Si](C)(C)c2ccc(CN(C)C)cc2)CC[Si](C)(C)c2ccc(CN(C)C)cc2)cc1. The number of hydrogen-bond donors (Lipinski definition) is 0. The fourth-order valence-electron chi connectivity index (χ4n) is 9.34. The Hall–Kier alpha value is -2.20. The maximum Gasteiger partial charge on any atom is 0.0803 e. The van der Waals surface area contributed by atoms with E-state index < -0.39 is 40.4 Å². The van der Waals surface area contributed by atoms with Crippen molar-refractivity contribution >= 4 is 61.1 Å². The molecule has 4 nitrogen and oxygen atoms in total. The van der Waals surface area contributed by atoms with Crippen molar-refractivity contribution in [1.82, 2.24) is 19.6 Å². The van der Waals surface area contributed by atoms with Gasteiger partial charge in [0.1, 0.15) is 0 Å². The molecule has 4 rings (SSSR count). The fourth-order valence-corrected chi connectivity index (χ4v) is 34.8. The Labute approximate surface area is 381 Å². The Bertz CT molecular complexity index is 1620. The molecule has 0 N–H and O–H groups in total. The molecule has 0 aromatic heterocycles. The van der Waals surface area contributed by atoms with E-state index in [1.54, 1.807) is 20.7 Å². The van der Waals surface area contributed by atoms with Gasteiger partial charge in [-0.3, -0.25) is 0 Å². The van der Waals surface area contributed by atoms with Gasteiger partial charge in [0.15, 0.2) is 0 Å². The quantitative estimate of drug-likeness (QED) is 0.0650. The molecule has 0 amide bonds. The molecule has 0 unspecified atom stereocenters. The summed E-state index contributed by atoms with van der Waals surface area (Å²) in [7, 11) is 8.89. The summed E-state index contributed by atoms with van der Waals surface area (Å²) in [6.45, 7) is 25.5. The van der Waals surface area contributed by atoms with E-state index in [-0.39, 0.29) is 0 Å². The van der Waals surface area contributed by atoms with Crippen molar-refractivity contribution in [1.29, 1.82) is 0 Å². The lowest BCUT2D eigenvalue weighted by molar-refractivity contribution is 0.402. The van der Waals surface area contributed by atoms with Crippen molar-refractivity contribution in [2.24, 2.45) is 0 Å². The van der Waals surface area contributed by atoms with Crippen LogP contribution < -0.4 is 20.7 Å². The van der Waals surface area contributed by atoms with E-state index in [0.717, 1.165) is 26.2 Å². The molecule has 0 aliphatic rings. The minimum atomic E-state index is -1.78. The van der Waals surface area contributed by atoms with Gasteiger partial charge in [0.2, 0.25) is 0 Å². The van der Waals surface area contributed by atoms with Gasteiger partial charge in [0.05, 0.1) is 40.4 Å². The van der Waals surface area contributed by atoms with Crippen LogP contribution in [-0.2, 0) is 26.2 Å². The molecule has 0 saturated carbocycles. The average molecular weight is 910 g/mol. The molecule has 9 heteroatoms. The molecule has 0 heterocycles. The molecule has 0 spiro atoms. The second-order valence-corrected chi connectivity index (χ2v) is 47.2. The van der Waals surface area contributed by atoms with Crippen LogP contribution in [0.15, 0.2) is 97.1 Å². The van der Waals surface area contributed by atoms with Crippen LogP contribution in [0.1, 0.15) is 22.3 Å². The van der Waals surface area contributed by atoms with Crippen molar-refractivity contribution < 1.29 is 0 Å². The number of benzene rings is 4. The first-order chi connectivity index (χ1) is 28.4. The summed E-state index contributed by atoms with van der Waals surface area (Å²) in [6, 6.07) is 51.0. The monoisotopic (exact) mass is 909 g/mol. The molecule has 0 atom stereocenters. The molecular formula is C52H88N4Si5. The number of rotatable bonds is 24. The van der Waals surface area contributed by atoms with Crippen molar-refractivity contribution in [3.8, 4) is 0 Å². The van der Waals surface area contributed by atoms with Crippen molar-refractivity contribution in [3.05, 3.63) is 119 Å². The topological polar surface area (TPSA) is 13.0 Å². The lowest BCUT2D eigenvalue weighted by Crippen LogP contribution is -2.50. The third-order valence-corrected chi connectivity index (χ3v) is 34.9. The molecule has 0 saturated heterocycles. The van der Waals surface area contributed by atoms with Crippen molar-refractivity contribution in [2.45, 2.75) is 127 Å². The van der Waals surface area contributed by atoms with Gasteiger partial charge in [0.25, 0.3) is 0 Å². The third-order valence-electron chi connectivity index (χ3n) is 14.1. The van der Waals surface area contributed by atoms with Gasteiger partial charge < -0.3 is 19.6 Å². The second kappa shape index (κ2) is 22.1. The zero-order valence-corrected chi connectivity index (χ0v) is 47.0. The average Bonchev–Trinajstić information content (AvgIpc) is 3.17. The molecule has 0 aliphatic heterocycles. The van der Waals surface area contributed by atoms with Crippen LogP contribution in [-0.4, -0.2) is 116 Å². The standard InChI is InChI=1S/C52H88N4Si5/c1-53(2)41-45-17-25-49(26-18-45)57(9,10)33-37-61(38-34-58(11,12)50-27-19-46(20-28-50)42-54(3)4,39-35-59(13,14)51-29-21-47(22-30-51)43-55(5)6)40-36-60(15,16)52-31-23-48(24-32-52)44-56(7)8/h17-32H,33-44H2,1-16H3. The Kier molecular flexibility index (Phi) is 18.7. The van der Waals surface area contributed by atoms with Crippen LogP contribution in [0.2, 0.25) is 101 Å². The Morgan fingerprint density at radius 3 is 0.574 bits per heavy atom. The molecule has 0 fully saturated rings. The largest absolute Gasteiger partial charge is 0.305 e. The van der Waals surface area contributed by atoms with Crippen molar-refractivity contribution in [2.75, 3.05) is 56.4 Å². The lowest BCUT2D eigenvalue weighted by Gasteiger charge is -2.41. The Morgan fingerprint density at radius 2 is 0.426 bits per heavy atom. The van der Waals surface area contributed by atoms with E-state index >= 15 is 0 Å². The van der Waals surface area contributed by atoms with E-state index in [1.165, 1.54) is 70.6 Å². The summed E-state index contributed by atoms with van der Waals surface area (Å²) in [5.41, 5.74) is 5.70. The second-order valence-electron chi connectivity index (χ2n) is 22.8. The first-order valence-electron chi connectivity index (χ1n) is 23.4. The van der Waals surface area contributed by atoms with Crippen LogP contribution in [0.3, 0.4) is 0 Å². The normalized spacial score (nSPS) is 13.3. The molecule has 336 valence electrons.